The second-order valence-electron chi connectivity index (χ2n) is 7.85. The van der Waals surface area contributed by atoms with Gasteiger partial charge < -0.3 is 14.2 Å². The first-order valence-corrected chi connectivity index (χ1v) is 10.7. The topological polar surface area (TPSA) is 66.4 Å². The third kappa shape index (κ3) is 4.15. The van der Waals surface area contributed by atoms with Crippen LogP contribution in [0.15, 0.2) is 79.1 Å². The fourth-order valence-corrected chi connectivity index (χ4v) is 3.71. The lowest BCUT2D eigenvalue weighted by Crippen LogP contribution is -2.06. The van der Waals surface area contributed by atoms with E-state index in [-0.39, 0.29) is 6.10 Å². The molecule has 0 aliphatic rings. The minimum atomic E-state index is -0.000684. The van der Waals surface area contributed by atoms with Crippen molar-refractivity contribution < 1.29 is 14.2 Å². The number of aromatic nitrogens is 3. The molecule has 6 heteroatoms. The lowest BCUT2D eigenvalue weighted by molar-refractivity contribution is 0.230. The minimum absolute atomic E-state index is 0.000684. The molecule has 5 rings (SSSR count). The van der Waals surface area contributed by atoms with E-state index in [1.165, 1.54) is 0 Å². The number of hydrogen-bond donors (Lipinski definition) is 0. The molecule has 3 aromatic heterocycles. The molecule has 164 valence electrons. The van der Waals surface area contributed by atoms with Crippen molar-refractivity contribution in [2.75, 3.05) is 7.11 Å². The fraction of sp³-hybridized carbons (Fsp3) is 0.148. The van der Waals surface area contributed by atoms with Crippen molar-refractivity contribution in [3.63, 3.8) is 0 Å². The van der Waals surface area contributed by atoms with Crippen molar-refractivity contribution >= 4 is 21.9 Å². The average Bonchev–Trinajstić information content (AvgIpc) is 2.84. The summed E-state index contributed by atoms with van der Waals surface area (Å²) in [5.74, 6) is 2.56. The predicted molar refractivity (Wildman–Crippen MR) is 129 cm³/mol. The number of benzene rings is 2. The smallest absolute Gasteiger partial charge is 0.162 e. The maximum atomic E-state index is 6.49. The number of pyridine rings is 3. The quantitative estimate of drug-likeness (QED) is 0.305. The number of hydrogen-bond acceptors (Lipinski definition) is 6. The van der Waals surface area contributed by atoms with Crippen LogP contribution in [0.4, 0.5) is 0 Å². The van der Waals surface area contributed by atoms with Gasteiger partial charge in [-0.05, 0) is 44.2 Å². The Morgan fingerprint density at radius 2 is 1.61 bits per heavy atom. The van der Waals surface area contributed by atoms with Gasteiger partial charge in [-0.15, -0.1) is 0 Å². The van der Waals surface area contributed by atoms with Crippen molar-refractivity contribution in [2.24, 2.45) is 0 Å². The lowest BCUT2D eigenvalue weighted by atomic mass is 10.1. The van der Waals surface area contributed by atoms with Gasteiger partial charge in [0.05, 0.1) is 18.7 Å². The summed E-state index contributed by atoms with van der Waals surface area (Å²) < 4.78 is 18.0. The van der Waals surface area contributed by atoms with Crippen LogP contribution in [0.25, 0.3) is 33.2 Å². The van der Waals surface area contributed by atoms with Gasteiger partial charge in [0.1, 0.15) is 11.4 Å². The van der Waals surface area contributed by atoms with Crippen LogP contribution >= 0.6 is 0 Å². The second-order valence-corrected chi connectivity index (χ2v) is 7.85. The van der Waals surface area contributed by atoms with Crippen molar-refractivity contribution in [2.45, 2.75) is 20.0 Å². The van der Waals surface area contributed by atoms with Crippen LogP contribution in [0.3, 0.4) is 0 Å². The first-order chi connectivity index (χ1) is 16.1. The summed E-state index contributed by atoms with van der Waals surface area (Å²) in [7, 11) is 1.62. The van der Waals surface area contributed by atoms with Crippen LogP contribution in [0, 0.1) is 0 Å². The van der Waals surface area contributed by atoms with Gasteiger partial charge in [0.25, 0.3) is 0 Å². The molecule has 0 aliphatic heterocycles. The Morgan fingerprint density at radius 1 is 0.758 bits per heavy atom. The fourth-order valence-electron chi connectivity index (χ4n) is 3.71. The van der Waals surface area contributed by atoms with Gasteiger partial charge in [0.2, 0.25) is 0 Å². The van der Waals surface area contributed by atoms with E-state index >= 15 is 0 Å². The monoisotopic (exact) mass is 437 g/mol. The minimum Gasteiger partial charge on any atom is -0.493 e. The van der Waals surface area contributed by atoms with Crippen LogP contribution in [-0.4, -0.2) is 28.2 Å². The Morgan fingerprint density at radius 3 is 2.39 bits per heavy atom. The van der Waals surface area contributed by atoms with Crippen molar-refractivity contribution in [1.82, 2.24) is 15.0 Å². The summed E-state index contributed by atoms with van der Waals surface area (Å²) in [4.78, 5) is 13.7. The first-order valence-electron chi connectivity index (χ1n) is 10.7. The Balaban J connectivity index is 1.67. The predicted octanol–water partition coefficient (Wildman–Crippen LogP) is 6.43. The summed E-state index contributed by atoms with van der Waals surface area (Å²) in [5.41, 5.74) is 3.08. The molecule has 2 aromatic carbocycles. The molecule has 0 fully saturated rings. The van der Waals surface area contributed by atoms with Crippen LogP contribution in [-0.2, 0) is 0 Å². The zero-order valence-corrected chi connectivity index (χ0v) is 18.6. The van der Waals surface area contributed by atoms with Gasteiger partial charge in [-0.1, -0.05) is 30.3 Å². The van der Waals surface area contributed by atoms with E-state index in [2.05, 4.69) is 9.97 Å². The molecule has 33 heavy (non-hydrogen) atoms. The van der Waals surface area contributed by atoms with E-state index in [1.807, 2.05) is 80.6 Å². The van der Waals surface area contributed by atoms with Crippen LogP contribution in [0.2, 0.25) is 0 Å². The largest absolute Gasteiger partial charge is 0.493 e. The van der Waals surface area contributed by atoms with Crippen molar-refractivity contribution in [3.8, 4) is 34.3 Å². The van der Waals surface area contributed by atoms with Crippen LogP contribution in [0.1, 0.15) is 13.8 Å². The zero-order valence-electron chi connectivity index (χ0n) is 18.6. The van der Waals surface area contributed by atoms with E-state index < -0.39 is 0 Å². The normalized spacial score (nSPS) is 11.2. The molecule has 0 spiro atoms. The van der Waals surface area contributed by atoms with Crippen LogP contribution < -0.4 is 14.2 Å². The Hall–Kier alpha value is -4.19. The standard InChI is InChI=1S/C27H23N3O3/c1-17(2)32-24-15-20-21(16-23(24)31-3)28-13-11-22(20)33-25-14-19-10-7-12-29-27(19)30-26(25)18-8-5-4-6-9-18/h4-17H,1-3H3. The van der Waals surface area contributed by atoms with Crippen molar-refractivity contribution in [3.05, 3.63) is 79.1 Å². The van der Waals surface area contributed by atoms with Gasteiger partial charge in [-0.25, -0.2) is 9.97 Å². The zero-order chi connectivity index (χ0) is 22.8. The third-order valence-electron chi connectivity index (χ3n) is 5.17. The van der Waals surface area contributed by atoms with Gasteiger partial charge in [-0.3, -0.25) is 4.98 Å². The molecule has 0 radical (unpaired) electrons. The second kappa shape index (κ2) is 8.74. The highest BCUT2D eigenvalue weighted by Gasteiger charge is 2.16. The van der Waals surface area contributed by atoms with E-state index in [4.69, 9.17) is 19.2 Å². The molecule has 0 amide bonds. The molecule has 3 heterocycles. The molecule has 5 aromatic rings. The van der Waals surface area contributed by atoms with E-state index in [1.54, 1.807) is 19.5 Å². The molecular weight excluding hydrogens is 414 g/mol. The molecular formula is C27H23N3O3. The maximum absolute atomic E-state index is 6.49. The summed E-state index contributed by atoms with van der Waals surface area (Å²) in [6.45, 7) is 3.95. The van der Waals surface area contributed by atoms with Crippen LogP contribution in [0.5, 0.6) is 23.0 Å². The number of ether oxygens (including phenoxy) is 3. The van der Waals surface area contributed by atoms with Gasteiger partial charge in [0, 0.05) is 34.8 Å². The maximum Gasteiger partial charge on any atom is 0.162 e. The molecule has 0 atom stereocenters. The number of rotatable bonds is 6. The Bertz CT molecular complexity index is 1440. The van der Waals surface area contributed by atoms with E-state index in [0.717, 1.165) is 27.5 Å². The van der Waals surface area contributed by atoms with Crippen molar-refractivity contribution in [1.29, 1.82) is 0 Å². The number of nitrogens with zero attached hydrogens (tertiary/aromatic N) is 3. The highest BCUT2D eigenvalue weighted by atomic mass is 16.5. The van der Waals surface area contributed by atoms with E-state index in [0.29, 0.717) is 28.6 Å². The summed E-state index contributed by atoms with van der Waals surface area (Å²) in [5, 5.41) is 1.72. The van der Waals surface area contributed by atoms with Gasteiger partial charge in [0.15, 0.2) is 22.9 Å². The molecule has 6 nitrogen and oxygen atoms in total. The first kappa shape index (κ1) is 20.7. The SMILES string of the molecule is COc1cc2nccc(Oc3cc4cccnc4nc3-c3ccccc3)c2cc1OC(C)C. The molecule has 0 N–H and O–H groups in total. The third-order valence-corrected chi connectivity index (χ3v) is 5.17. The molecule has 0 saturated carbocycles. The molecule has 0 saturated heterocycles. The molecule has 0 unspecified atom stereocenters. The average molecular weight is 437 g/mol. The van der Waals surface area contributed by atoms with Gasteiger partial charge in [-0.2, -0.15) is 0 Å². The Labute approximate surface area is 191 Å². The molecule has 0 aliphatic carbocycles. The summed E-state index contributed by atoms with van der Waals surface area (Å²) in [6.07, 6.45) is 3.46. The summed E-state index contributed by atoms with van der Waals surface area (Å²) >= 11 is 0. The highest BCUT2D eigenvalue weighted by molar-refractivity contribution is 5.89. The van der Waals surface area contributed by atoms with Gasteiger partial charge >= 0.3 is 0 Å². The highest BCUT2D eigenvalue weighted by Crippen LogP contribution is 2.40. The lowest BCUT2D eigenvalue weighted by Gasteiger charge is -2.16. The Kier molecular flexibility index (Phi) is 5.48. The van der Waals surface area contributed by atoms with E-state index in [9.17, 15) is 0 Å². The number of methoxy groups -OCH3 is 1. The molecule has 0 bridgehead atoms. The summed E-state index contributed by atoms with van der Waals surface area (Å²) in [6, 6.07) is 21.4. The number of fused-ring (bicyclic) bond motifs is 2.